The van der Waals surface area contributed by atoms with Gasteiger partial charge in [0.05, 0.1) is 4.92 Å². The predicted molar refractivity (Wildman–Crippen MR) is 76.8 cm³/mol. The number of rotatable bonds is 4. The van der Waals surface area contributed by atoms with Crippen LogP contribution >= 0.6 is 23.2 Å². The van der Waals surface area contributed by atoms with Gasteiger partial charge >= 0.3 is 0 Å². The fourth-order valence-electron chi connectivity index (χ4n) is 1.66. The Bertz CT molecular complexity index is 665. The van der Waals surface area contributed by atoms with Crippen LogP contribution in [0.2, 0.25) is 10.0 Å². The topological polar surface area (TPSA) is 55.2 Å². The maximum Gasteiger partial charge on any atom is 0.292 e. The van der Waals surface area contributed by atoms with E-state index in [1.807, 2.05) is 0 Å². The lowest BCUT2D eigenvalue weighted by atomic mass is 10.2. The fourth-order valence-corrected chi connectivity index (χ4v) is 2.07. The number of nitrogens with zero attached hydrogens (tertiary/aromatic N) is 1. The second kappa shape index (κ2) is 6.07. The predicted octanol–water partition coefficient (Wildman–Crippen LogP) is 4.65. The van der Waals surface area contributed by atoms with E-state index in [1.165, 1.54) is 36.4 Å². The molecule has 0 heterocycles. The molecule has 0 spiro atoms. The van der Waals surface area contributed by atoms with E-state index in [0.29, 0.717) is 10.6 Å². The molecule has 104 valence electrons. The number of hydrogen-bond donors (Lipinski definition) is 1. The molecule has 0 saturated heterocycles. The normalized spacial score (nSPS) is 10.3. The molecule has 0 aliphatic heterocycles. The monoisotopic (exact) mass is 314 g/mol. The van der Waals surface area contributed by atoms with E-state index in [1.54, 1.807) is 0 Å². The van der Waals surface area contributed by atoms with E-state index < -0.39 is 10.7 Å². The molecule has 2 aromatic rings. The zero-order valence-electron chi connectivity index (χ0n) is 10.1. The average Bonchev–Trinajstić information content (AvgIpc) is 2.37. The molecule has 20 heavy (non-hydrogen) atoms. The van der Waals surface area contributed by atoms with E-state index in [2.05, 4.69) is 5.32 Å². The van der Waals surface area contributed by atoms with Crippen molar-refractivity contribution in [2.45, 2.75) is 6.54 Å². The molecule has 2 rings (SSSR count). The molecule has 0 unspecified atom stereocenters. The number of hydrogen-bond acceptors (Lipinski definition) is 3. The van der Waals surface area contributed by atoms with E-state index in [9.17, 15) is 14.5 Å². The molecule has 0 amide bonds. The van der Waals surface area contributed by atoms with Crippen molar-refractivity contribution in [2.24, 2.45) is 0 Å². The first-order chi connectivity index (χ1) is 9.47. The lowest BCUT2D eigenvalue weighted by Gasteiger charge is -2.09. The highest BCUT2D eigenvalue weighted by Gasteiger charge is 2.14. The second-order valence-corrected chi connectivity index (χ2v) is 4.85. The Balaban J connectivity index is 2.22. The van der Waals surface area contributed by atoms with Gasteiger partial charge < -0.3 is 5.32 Å². The van der Waals surface area contributed by atoms with Crippen LogP contribution < -0.4 is 5.32 Å². The third-order valence-electron chi connectivity index (χ3n) is 2.64. The van der Waals surface area contributed by atoms with Gasteiger partial charge in [0.1, 0.15) is 11.5 Å². The first kappa shape index (κ1) is 14.6. The number of nitrogens with one attached hydrogen (secondary N) is 1. The molecule has 7 heteroatoms. The van der Waals surface area contributed by atoms with Crippen molar-refractivity contribution in [1.29, 1.82) is 0 Å². The SMILES string of the molecule is O=[N+]([O-])c1ccc(Cl)cc1NCc1ccc(F)cc1Cl. The molecular weight excluding hydrogens is 306 g/mol. The quantitative estimate of drug-likeness (QED) is 0.660. The fraction of sp³-hybridized carbons (Fsp3) is 0.0769. The second-order valence-electron chi connectivity index (χ2n) is 4.01. The van der Waals surface area contributed by atoms with Crippen LogP contribution in [0, 0.1) is 15.9 Å². The van der Waals surface area contributed by atoms with Crippen LogP contribution in [0.3, 0.4) is 0 Å². The molecule has 0 aromatic heterocycles. The van der Waals surface area contributed by atoms with Crippen molar-refractivity contribution in [1.82, 2.24) is 0 Å². The van der Waals surface area contributed by atoms with Gasteiger partial charge in [-0.2, -0.15) is 0 Å². The zero-order chi connectivity index (χ0) is 14.7. The van der Waals surface area contributed by atoms with Gasteiger partial charge in [0.2, 0.25) is 0 Å². The average molecular weight is 315 g/mol. The van der Waals surface area contributed by atoms with Gasteiger partial charge in [0.25, 0.3) is 5.69 Å². The molecule has 4 nitrogen and oxygen atoms in total. The van der Waals surface area contributed by atoms with Gasteiger partial charge in [-0.25, -0.2) is 4.39 Å². The van der Waals surface area contributed by atoms with Crippen molar-refractivity contribution in [3.8, 4) is 0 Å². The Kier molecular flexibility index (Phi) is 4.42. The number of halogens is 3. The summed E-state index contributed by atoms with van der Waals surface area (Å²) in [7, 11) is 0. The summed E-state index contributed by atoms with van der Waals surface area (Å²) in [5.41, 5.74) is 0.817. The molecule has 0 bridgehead atoms. The summed E-state index contributed by atoms with van der Waals surface area (Å²) in [6.45, 7) is 0.223. The third kappa shape index (κ3) is 3.37. The Morgan fingerprint density at radius 3 is 2.60 bits per heavy atom. The molecule has 0 atom stereocenters. The van der Waals surface area contributed by atoms with E-state index >= 15 is 0 Å². The molecule has 0 fully saturated rings. The summed E-state index contributed by atoms with van der Waals surface area (Å²) in [5.74, 6) is -0.438. The van der Waals surface area contributed by atoms with Crippen LogP contribution in [0.4, 0.5) is 15.8 Å². The lowest BCUT2D eigenvalue weighted by molar-refractivity contribution is -0.384. The standard InChI is InChI=1S/C13H9Cl2FN2O2/c14-9-2-4-13(18(19)20)12(5-9)17-7-8-1-3-10(16)6-11(8)15/h1-6,17H,7H2. The third-order valence-corrected chi connectivity index (χ3v) is 3.23. The summed E-state index contributed by atoms with van der Waals surface area (Å²) < 4.78 is 12.9. The summed E-state index contributed by atoms with van der Waals surface area (Å²) in [5, 5.41) is 14.4. The van der Waals surface area contributed by atoms with Crippen molar-refractivity contribution in [3.05, 3.63) is 67.9 Å². The minimum Gasteiger partial charge on any atom is -0.375 e. The van der Waals surface area contributed by atoms with Crippen molar-refractivity contribution in [3.63, 3.8) is 0 Å². The highest BCUT2D eigenvalue weighted by Crippen LogP contribution is 2.28. The summed E-state index contributed by atoms with van der Waals surface area (Å²) >= 11 is 11.7. The Labute approximate surface area is 124 Å². The Morgan fingerprint density at radius 1 is 1.20 bits per heavy atom. The molecule has 0 radical (unpaired) electrons. The number of anilines is 1. The van der Waals surface area contributed by atoms with Gasteiger partial charge in [-0.3, -0.25) is 10.1 Å². The summed E-state index contributed by atoms with van der Waals surface area (Å²) in [6.07, 6.45) is 0. The van der Waals surface area contributed by atoms with Crippen LogP contribution in [0.5, 0.6) is 0 Å². The minimum absolute atomic E-state index is 0.0902. The maximum atomic E-state index is 12.9. The minimum atomic E-state index is -0.509. The van der Waals surface area contributed by atoms with E-state index in [4.69, 9.17) is 23.2 Å². The molecule has 1 N–H and O–H groups in total. The molecule has 2 aromatic carbocycles. The Morgan fingerprint density at radius 2 is 1.95 bits per heavy atom. The molecule has 0 saturated carbocycles. The van der Waals surface area contributed by atoms with Gasteiger partial charge in [-0.05, 0) is 29.8 Å². The van der Waals surface area contributed by atoms with Crippen LogP contribution in [-0.4, -0.2) is 4.92 Å². The first-order valence-electron chi connectivity index (χ1n) is 5.59. The van der Waals surface area contributed by atoms with Crippen LogP contribution in [-0.2, 0) is 6.54 Å². The van der Waals surface area contributed by atoms with Crippen molar-refractivity contribution >= 4 is 34.6 Å². The smallest absolute Gasteiger partial charge is 0.292 e. The maximum absolute atomic E-state index is 12.9. The van der Waals surface area contributed by atoms with Gasteiger partial charge in [0, 0.05) is 22.7 Å². The molecular formula is C13H9Cl2FN2O2. The number of nitro benzene ring substituents is 1. The van der Waals surface area contributed by atoms with Crippen molar-refractivity contribution < 1.29 is 9.31 Å². The van der Waals surface area contributed by atoms with Crippen LogP contribution in [0.1, 0.15) is 5.56 Å². The molecule has 0 aliphatic carbocycles. The zero-order valence-corrected chi connectivity index (χ0v) is 11.6. The number of nitro groups is 1. The molecule has 0 aliphatic rings. The van der Waals surface area contributed by atoms with Gasteiger partial charge in [0.15, 0.2) is 0 Å². The highest BCUT2D eigenvalue weighted by molar-refractivity contribution is 6.31. The number of benzene rings is 2. The summed E-state index contributed by atoms with van der Waals surface area (Å²) in [4.78, 5) is 10.4. The van der Waals surface area contributed by atoms with Gasteiger partial charge in [-0.1, -0.05) is 29.3 Å². The van der Waals surface area contributed by atoms with Crippen molar-refractivity contribution in [2.75, 3.05) is 5.32 Å². The van der Waals surface area contributed by atoms with Crippen LogP contribution in [0.25, 0.3) is 0 Å². The first-order valence-corrected chi connectivity index (χ1v) is 6.34. The van der Waals surface area contributed by atoms with Gasteiger partial charge in [-0.15, -0.1) is 0 Å². The Hall–Kier alpha value is -1.85. The lowest BCUT2D eigenvalue weighted by Crippen LogP contribution is -2.03. The largest absolute Gasteiger partial charge is 0.375 e. The van der Waals surface area contributed by atoms with E-state index in [-0.39, 0.29) is 22.9 Å². The van der Waals surface area contributed by atoms with E-state index in [0.717, 1.165) is 0 Å². The van der Waals surface area contributed by atoms with Crippen LogP contribution in [0.15, 0.2) is 36.4 Å². The summed E-state index contributed by atoms with van der Waals surface area (Å²) in [6, 6.07) is 8.19. The highest BCUT2D eigenvalue weighted by atomic mass is 35.5.